The summed E-state index contributed by atoms with van der Waals surface area (Å²) in [5.74, 6) is 0. The van der Waals surface area contributed by atoms with Crippen LogP contribution >= 0.6 is 11.3 Å². The molecule has 0 radical (unpaired) electrons. The van der Waals surface area contributed by atoms with Crippen LogP contribution in [0.4, 0.5) is 0 Å². The highest BCUT2D eigenvalue weighted by molar-refractivity contribution is 7.09. The van der Waals surface area contributed by atoms with Crippen molar-refractivity contribution >= 4 is 11.3 Å². The number of aryl methyl sites for hydroxylation is 1. The first-order valence-electron chi connectivity index (χ1n) is 3.48. The maximum atomic E-state index is 9.39. The smallest absolute Gasteiger partial charge is 0.0971 e. The molecular weight excluding hydrogens is 146 g/mol. The van der Waals surface area contributed by atoms with Crippen LogP contribution in [-0.4, -0.2) is 10.1 Å². The molecule has 0 aliphatic heterocycles. The van der Waals surface area contributed by atoms with Gasteiger partial charge in [-0.2, -0.15) is 0 Å². The van der Waals surface area contributed by atoms with Gasteiger partial charge >= 0.3 is 0 Å². The van der Waals surface area contributed by atoms with Gasteiger partial charge in [0.25, 0.3) is 0 Å². The predicted octanol–water partition coefficient (Wildman–Crippen LogP) is 1.51. The molecule has 0 fully saturated rings. The lowest BCUT2D eigenvalue weighted by Gasteiger charge is -2.14. The van der Waals surface area contributed by atoms with Gasteiger partial charge in [0.2, 0.25) is 0 Å². The fourth-order valence-corrected chi connectivity index (χ4v) is 2.20. The minimum Gasteiger partial charge on any atom is -0.387 e. The molecular formula is C7H9NOS. The molecule has 10 heavy (non-hydrogen) atoms. The van der Waals surface area contributed by atoms with Crippen LogP contribution in [0.15, 0.2) is 5.51 Å². The van der Waals surface area contributed by atoms with Crippen LogP contribution in [0.25, 0.3) is 0 Å². The molecule has 1 heterocycles. The number of aliphatic hydroxyl groups is 1. The lowest BCUT2D eigenvalue weighted by Crippen LogP contribution is -2.06. The van der Waals surface area contributed by atoms with Crippen molar-refractivity contribution in [2.45, 2.75) is 25.4 Å². The van der Waals surface area contributed by atoms with E-state index in [9.17, 15) is 5.11 Å². The van der Waals surface area contributed by atoms with Crippen LogP contribution in [0.2, 0.25) is 0 Å². The highest BCUT2D eigenvalue weighted by atomic mass is 32.1. The van der Waals surface area contributed by atoms with Crippen molar-refractivity contribution in [3.8, 4) is 0 Å². The standard InChI is InChI=1S/C7H9NOS/c9-5-2-1-3-6-7(5)8-4-10-6/h4-5,9H,1-3H2. The van der Waals surface area contributed by atoms with Crippen molar-refractivity contribution < 1.29 is 5.11 Å². The van der Waals surface area contributed by atoms with Gasteiger partial charge in [0.05, 0.1) is 17.3 Å². The van der Waals surface area contributed by atoms with E-state index in [1.54, 1.807) is 11.3 Å². The van der Waals surface area contributed by atoms with Crippen molar-refractivity contribution in [3.63, 3.8) is 0 Å². The van der Waals surface area contributed by atoms with E-state index in [-0.39, 0.29) is 6.10 Å². The Morgan fingerprint density at radius 1 is 1.70 bits per heavy atom. The first-order valence-corrected chi connectivity index (χ1v) is 4.36. The molecule has 1 aliphatic carbocycles. The monoisotopic (exact) mass is 155 g/mol. The molecule has 0 bridgehead atoms. The summed E-state index contributed by atoms with van der Waals surface area (Å²) in [5.41, 5.74) is 2.75. The first-order chi connectivity index (χ1) is 4.88. The summed E-state index contributed by atoms with van der Waals surface area (Å²) in [5, 5.41) is 9.39. The lowest BCUT2D eigenvalue weighted by atomic mass is 10.0. The average molecular weight is 155 g/mol. The molecule has 1 N–H and O–H groups in total. The summed E-state index contributed by atoms with van der Waals surface area (Å²) in [6.45, 7) is 0. The molecule has 54 valence electrons. The Bertz CT molecular complexity index is 233. The van der Waals surface area contributed by atoms with Crippen LogP contribution in [0, 0.1) is 0 Å². The zero-order valence-electron chi connectivity index (χ0n) is 5.58. The number of nitrogens with zero attached hydrogens (tertiary/aromatic N) is 1. The molecule has 2 nitrogen and oxygen atoms in total. The van der Waals surface area contributed by atoms with E-state index in [4.69, 9.17) is 0 Å². The number of hydrogen-bond acceptors (Lipinski definition) is 3. The van der Waals surface area contributed by atoms with E-state index in [2.05, 4.69) is 4.98 Å². The maximum absolute atomic E-state index is 9.39. The second-order valence-corrected chi connectivity index (χ2v) is 3.51. The Morgan fingerprint density at radius 3 is 3.40 bits per heavy atom. The topological polar surface area (TPSA) is 33.1 Å². The summed E-state index contributed by atoms with van der Waals surface area (Å²) in [7, 11) is 0. The zero-order chi connectivity index (χ0) is 6.97. The second kappa shape index (κ2) is 2.32. The van der Waals surface area contributed by atoms with Gasteiger partial charge in [0, 0.05) is 4.88 Å². The van der Waals surface area contributed by atoms with Gasteiger partial charge < -0.3 is 5.11 Å². The van der Waals surface area contributed by atoms with Crippen LogP contribution in [0.3, 0.4) is 0 Å². The Kier molecular flexibility index (Phi) is 1.47. The maximum Gasteiger partial charge on any atom is 0.0971 e. The molecule has 0 saturated carbocycles. The minimum atomic E-state index is -0.282. The number of fused-ring (bicyclic) bond motifs is 1. The summed E-state index contributed by atoms with van der Waals surface area (Å²) in [6, 6.07) is 0. The van der Waals surface area contributed by atoms with E-state index in [1.165, 1.54) is 4.88 Å². The van der Waals surface area contributed by atoms with Crippen LogP contribution in [0.1, 0.15) is 29.5 Å². The van der Waals surface area contributed by atoms with Gasteiger partial charge in [-0.25, -0.2) is 4.98 Å². The van der Waals surface area contributed by atoms with Crippen molar-refractivity contribution in [3.05, 3.63) is 16.1 Å². The van der Waals surface area contributed by atoms with E-state index >= 15 is 0 Å². The van der Waals surface area contributed by atoms with Gasteiger partial charge in [0.1, 0.15) is 0 Å². The molecule has 2 rings (SSSR count). The molecule has 1 aromatic heterocycles. The highest BCUT2D eigenvalue weighted by Gasteiger charge is 2.19. The van der Waals surface area contributed by atoms with E-state index in [0.29, 0.717) is 0 Å². The number of rotatable bonds is 0. The molecule has 0 amide bonds. The van der Waals surface area contributed by atoms with Crippen molar-refractivity contribution in [1.29, 1.82) is 0 Å². The van der Waals surface area contributed by atoms with Gasteiger partial charge in [0.15, 0.2) is 0 Å². The lowest BCUT2D eigenvalue weighted by molar-refractivity contribution is 0.153. The fourth-order valence-electron chi connectivity index (χ4n) is 1.33. The average Bonchev–Trinajstić information content (AvgIpc) is 2.36. The highest BCUT2D eigenvalue weighted by Crippen LogP contribution is 2.30. The minimum absolute atomic E-state index is 0.282. The van der Waals surface area contributed by atoms with Crippen LogP contribution in [-0.2, 0) is 6.42 Å². The molecule has 1 unspecified atom stereocenters. The van der Waals surface area contributed by atoms with Crippen molar-refractivity contribution in [2.24, 2.45) is 0 Å². The molecule has 1 aliphatic rings. The number of thiazole rings is 1. The predicted molar refractivity (Wildman–Crippen MR) is 40.0 cm³/mol. The summed E-state index contributed by atoms with van der Waals surface area (Å²) < 4.78 is 0. The Labute approximate surface area is 63.5 Å². The fraction of sp³-hybridized carbons (Fsp3) is 0.571. The molecule has 0 spiro atoms. The summed E-state index contributed by atoms with van der Waals surface area (Å²) in [4.78, 5) is 5.38. The Balaban J connectivity index is 2.41. The number of aliphatic hydroxyl groups excluding tert-OH is 1. The Hall–Kier alpha value is -0.410. The number of aromatic nitrogens is 1. The van der Waals surface area contributed by atoms with Gasteiger partial charge in [-0.1, -0.05) is 0 Å². The SMILES string of the molecule is OC1CCCc2scnc21. The molecule has 1 aromatic rings. The van der Waals surface area contributed by atoms with Gasteiger partial charge in [-0.15, -0.1) is 11.3 Å². The third kappa shape index (κ3) is 0.859. The first kappa shape index (κ1) is 6.31. The van der Waals surface area contributed by atoms with E-state index < -0.39 is 0 Å². The van der Waals surface area contributed by atoms with Crippen LogP contribution < -0.4 is 0 Å². The van der Waals surface area contributed by atoms with Gasteiger partial charge in [-0.05, 0) is 19.3 Å². The van der Waals surface area contributed by atoms with Crippen molar-refractivity contribution in [1.82, 2.24) is 4.98 Å². The van der Waals surface area contributed by atoms with Crippen molar-refractivity contribution in [2.75, 3.05) is 0 Å². The molecule has 0 saturated heterocycles. The van der Waals surface area contributed by atoms with E-state index in [1.807, 2.05) is 5.51 Å². The van der Waals surface area contributed by atoms with Gasteiger partial charge in [-0.3, -0.25) is 0 Å². The second-order valence-electron chi connectivity index (χ2n) is 2.57. The third-order valence-electron chi connectivity index (χ3n) is 1.87. The van der Waals surface area contributed by atoms with Crippen LogP contribution in [0.5, 0.6) is 0 Å². The summed E-state index contributed by atoms with van der Waals surface area (Å²) in [6.07, 6.45) is 2.82. The third-order valence-corrected chi connectivity index (χ3v) is 2.78. The molecule has 3 heteroatoms. The molecule has 1 atom stereocenters. The molecule has 0 aromatic carbocycles. The van der Waals surface area contributed by atoms with E-state index in [0.717, 1.165) is 25.0 Å². The number of hydrogen-bond donors (Lipinski definition) is 1. The summed E-state index contributed by atoms with van der Waals surface area (Å²) >= 11 is 1.66. The quantitative estimate of drug-likeness (QED) is 0.616. The largest absolute Gasteiger partial charge is 0.387 e. The Morgan fingerprint density at radius 2 is 2.60 bits per heavy atom. The normalized spacial score (nSPS) is 24.3. The zero-order valence-corrected chi connectivity index (χ0v) is 6.40.